The lowest BCUT2D eigenvalue weighted by atomic mass is 10.1. The number of anilines is 2. The van der Waals surface area contributed by atoms with Crippen molar-refractivity contribution in [2.24, 2.45) is 0 Å². The first-order chi connectivity index (χ1) is 13.1. The minimum Gasteiger partial charge on any atom is -0.355 e. The van der Waals surface area contributed by atoms with Crippen LogP contribution in [0, 0.1) is 0 Å². The molecule has 2 aromatic carbocycles. The molecule has 0 aliphatic heterocycles. The Morgan fingerprint density at radius 3 is 2.56 bits per heavy atom. The van der Waals surface area contributed by atoms with Crippen LogP contribution in [0.3, 0.4) is 0 Å². The molecule has 1 heterocycles. The molecule has 0 fully saturated rings. The zero-order chi connectivity index (χ0) is 19.2. The van der Waals surface area contributed by atoms with E-state index in [-0.39, 0.29) is 6.04 Å². The number of aromatic nitrogens is 1. The van der Waals surface area contributed by atoms with Gasteiger partial charge in [0.05, 0.1) is 5.52 Å². The first-order valence-electron chi connectivity index (χ1n) is 8.89. The average molecular weight is 423 g/mol. The lowest BCUT2D eigenvalue weighted by molar-refractivity contribution is 0.237. The van der Waals surface area contributed by atoms with E-state index in [9.17, 15) is 0 Å². The molecule has 142 valence electrons. The average Bonchev–Trinajstić information content (AvgIpc) is 2.67. The van der Waals surface area contributed by atoms with E-state index in [1.165, 1.54) is 5.56 Å². The van der Waals surface area contributed by atoms with E-state index in [1.807, 2.05) is 24.3 Å². The van der Waals surface area contributed by atoms with Crippen molar-refractivity contribution < 1.29 is 0 Å². The van der Waals surface area contributed by atoms with Crippen LogP contribution in [0.15, 0.2) is 54.7 Å². The number of nitrogens with zero attached hydrogens (tertiary/aromatic N) is 2. The Bertz CT molecular complexity index is 895. The van der Waals surface area contributed by atoms with Gasteiger partial charge >= 0.3 is 0 Å². The van der Waals surface area contributed by atoms with Gasteiger partial charge < -0.3 is 5.32 Å². The molecule has 1 N–H and O–H groups in total. The first-order valence-corrected chi connectivity index (χ1v) is 10.3. The van der Waals surface area contributed by atoms with Gasteiger partial charge in [0, 0.05) is 58.9 Å². The van der Waals surface area contributed by atoms with Crippen molar-refractivity contribution in [2.45, 2.75) is 13.0 Å². The predicted molar refractivity (Wildman–Crippen MR) is 118 cm³/mol. The van der Waals surface area contributed by atoms with Crippen molar-refractivity contribution in [1.29, 1.82) is 0 Å². The molecule has 0 aliphatic rings. The molecular weight excluding hydrogens is 401 g/mol. The van der Waals surface area contributed by atoms with Crippen molar-refractivity contribution in [3.05, 3.63) is 65.3 Å². The summed E-state index contributed by atoms with van der Waals surface area (Å²) in [5.74, 6) is 1.18. The quantitative estimate of drug-likeness (QED) is 0.421. The molecule has 3 nitrogen and oxygen atoms in total. The molecule has 0 saturated carbocycles. The van der Waals surface area contributed by atoms with E-state index in [0.29, 0.717) is 16.8 Å². The number of hydrogen-bond acceptors (Lipinski definition) is 3. The van der Waals surface area contributed by atoms with Gasteiger partial charge in [0.15, 0.2) is 0 Å². The molecule has 3 aromatic rings. The van der Waals surface area contributed by atoms with Crippen molar-refractivity contribution in [3.63, 3.8) is 0 Å². The molecular formula is C21H22Cl3N3. The molecule has 1 atom stereocenters. The maximum atomic E-state index is 6.08. The Labute approximate surface area is 175 Å². The summed E-state index contributed by atoms with van der Waals surface area (Å²) in [4.78, 5) is 6.69. The summed E-state index contributed by atoms with van der Waals surface area (Å²) in [7, 11) is 0. The second kappa shape index (κ2) is 9.61. The highest BCUT2D eigenvalue weighted by atomic mass is 35.5. The molecule has 0 spiro atoms. The molecule has 3 rings (SSSR count). The van der Waals surface area contributed by atoms with Gasteiger partial charge in [0.2, 0.25) is 0 Å². The van der Waals surface area contributed by atoms with Crippen LogP contribution in [0.2, 0.25) is 5.02 Å². The number of rotatable bonds is 8. The van der Waals surface area contributed by atoms with E-state index in [4.69, 9.17) is 34.8 Å². The largest absolute Gasteiger partial charge is 0.355 e. The van der Waals surface area contributed by atoms with Crippen LogP contribution in [0.4, 0.5) is 11.4 Å². The summed E-state index contributed by atoms with van der Waals surface area (Å²) < 4.78 is 0. The molecule has 1 unspecified atom stereocenters. The van der Waals surface area contributed by atoms with Crippen LogP contribution in [-0.4, -0.2) is 34.7 Å². The maximum absolute atomic E-state index is 6.08. The summed E-state index contributed by atoms with van der Waals surface area (Å²) in [6.07, 6.45) is 1.79. The van der Waals surface area contributed by atoms with Gasteiger partial charge in [-0.25, -0.2) is 0 Å². The topological polar surface area (TPSA) is 28.2 Å². The number of alkyl halides is 2. The molecule has 0 aliphatic carbocycles. The number of halogens is 3. The molecule has 1 aromatic heterocycles. The fraction of sp³-hybridized carbons (Fsp3) is 0.286. The van der Waals surface area contributed by atoms with E-state index in [2.05, 4.69) is 46.4 Å². The monoisotopic (exact) mass is 421 g/mol. The number of fused-ring (bicyclic) bond motifs is 1. The second-order valence-corrected chi connectivity index (χ2v) is 7.55. The lowest BCUT2D eigenvalue weighted by Crippen LogP contribution is -2.30. The summed E-state index contributed by atoms with van der Waals surface area (Å²) >= 11 is 18.0. The number of hydrogen-bond donors (Lipinski definition) is 1. The third kappa shape index (κ3) is 5.05. The summed E-state index contributed by atoms with van der Waals surface area (Å²) in [6, 6.07) is 16.4. The molecule has 0 radical (unpaired) electrons. The van der Waals surface area contributed by atoms with Gasteiger partial charge in [0.25, 0.3) is 0 Å². The zero-order valence-electron chi connectivity index (χ0n) is 15.1. The van der Waals surface area contributed by atoms with Crippen molar-refractivity contribution in [3.8, 4) is 0 Å². The standard InChI is InChI=1S/C21H22Cl3N3/c1-15(27(11-8-22)12-9-23)16-3-2-4-18(13-16)26-20-7-10-25-21-14-17(24)5-6-19(20)21/h2-7,10,13-15H,8-9,11-12H2,1H3,(H,25,26). The van der Waals surface area contributed by atoms with Gasteiger partial charge in [-0.3, -0.25) is 9.88 Å². The van der Waals surface area contributed by atoms with Gasteiger partial charge in [-0.05, 0) is 48.9 Å². The van der Waals surface area contributed by atoms with Gasteiger partial charge in [-0.2, -0.15) is 0 Å². The maximum Gasteiger partial charge on any atom is 0.0737 e. The third-order valence-electron chi connectivity index (χ3n) is 4.64. The molecule has 0 bridgehead atoms. The fourth-order valence-electron chi connectivity index (χ4n) is 3.19. The van der Waals surface area contributed by atoms with Crippen LogP contribution >= 0.6 is 34.8 Å². The number of benzene rings is 2. The van der Waals surface area contributed by atoms with E-state index in [1.54, 1.807) is 6.20 Å². The Hall–Kier alpha value is -1.52. The highest BCUT2D eigenvalue weighted by Gasteiger charge is 2.15. The number of pyridine rings is 1. The Morgan fingerprint density at radius 1 is 1.04 bits per heavy atom. The highest BCUT2D eigenvalue weighted by molar-refractivity contribution is 6.31. The Kier molecular flexibility index (Phi) is 7.20. The van der Waals surface area contributed by atoms with E-state index >= 15 is 0 Å². The molecule has 0 amide bonds. The SMILES string of the molecule is CC(c1cccc(Nc2ccnc3cc(Cl)ccc23)c1)N(CCCl)CCCl. The summed E-state index contributed by atoms with van der Waals surface area (Å²) in [6.45, 7) is 3.80. The predicted octanol–water partition coefficient (Wildman–Crippen LogP) is 6.47. The summed E-state index contributed by atoms with van der Waals surface area (Å²) in [5, 5.41) is 5.23. The van der Waals surface area contributed by atoms with Crippen LogP contribution in [-0.2, 0) is 0 Å². The van der Waals surface area contributed by atoms with Crippen molar-refractivity contribution in [1.82, 2.24) is 9.88 Å². The van der Waals surface area contributed by atoms with Crippen LogP contribution in [0.25, 0.3) is 10.9 Å². The van der Waals surface area contributed by atoms with Crippen molar-refractivity contribution in [2.75, 3.05) is 30.2 Å². The minimum atomic E-state index is 0.234. The molecule has 27 heavy (non-hydrogen) atoms. The van der Waals surface area contributed by atoms with Gasteiger partial charge in [0.1, 0.15) is 0 Å². The second-order valence-electron chi connectivity index (χ2n) is 6.36. The third-order valence-corrected chi connectivity index (χ3v) is 5.22. The Morgan fingerprint density at radius 2 is 1.81 bits per heavy atom. The van der Waals surface area contributed by atoms with Crippen molar-refractivity contribution >= 4 is 57.1 Å². The normalized spacial score (nSPS) is 12.5. The minimum absolute atomic E-state index is 0.234. The fourth-order valence-corrected chi connectivity index (χ4v) is 3.79. The lowest BCUT2D eigenvalue weighted by Gasteiger charge is -2.28. The molecule has 6 heteroatoms. The zero-order valence-corrected chi connectivity index (χ0v) is 17.4. The van der Waals surface area contributed by atoms with Crippen LogP contribution < -0.4 is 5.32 Å². The van der Waals surface area contributed by atoms with Crippen LogP contribution in [0.1, 0.15) is 18.5 Å². The number of nitrogens with one attached hydrogen (secondary N) is 1. The molecule has 0 saturated heterocycles. The smallest absolute Gasteiger partial charge is 0.0737 e. The van der Waals surface area contributed by atoms with Gasteiger partial charge in [-0.15, -0.1) is 23.2 Å². The van der Waals surface area contributed by atoms with E-state index < -0.39 is 0 Å². The first kappa shape index (κ1) is 20.2. The van der Waals surface area contributed by atoms with Gasteiger partial charge in [-0.1, -0.05) is 23.7 Å². The van der Waals surface area contributed by atoms with E-state index in [0.717, 1.165) is 35.4 Å². The van der Waals surface area contributed by atoms with Crippen LogP contribution in [0.5, 0.6) is 0 Å². The Balaban J connectivity index is 1.86. The highest BCUT2D eigenvalue weighted by Crippen LogP contribution is 2.29. The summed E-state index contributed by atoms with van der Waals surface area (Å²) in [5.41, 5.74) is 4.11.